The number of nitrogens with zero attached hydrogens (tertiary/aromatic N) is 1. The van der Waals surface area contributed by atoms with Crippen molar-refractivity contribution in [3.8, 4) is 17.0 Å². The predicted molar refractivity (Wildman–Crippen MR) is 115 cm³/mol. The number of aromatic carboxylic acids is 1. The first-order chi connectivity index (χ1) is 14.4. The molecule has 3 aromatic rings. The van der Waals surface area contributed by atoms with Gasteiger partial charge in [0.05, 0.1) is 28.4 Å². The van der Waals surface area contributed by atoms with Gasteiger partial charge in [0, 0.05) is 23.7 Å². The van der Waals surface area contributed by atoms with E-state index in [-0.39, 0.29) is 18.2 Å². The maximum absolute atomic E-state index is 11.7. The van der Waals surface area contributed by atoms with E-state index in [1.807, 2.05) is 19.9 Å². The average Bonchev–Trinajstić information content (AvgIpc) is 3.10. The van der Waals surface area contributed by atoms with Crippen LogP contribution in [0, 0.1) is 0 Å². The third-order valence-corrected chi connectivity index (χ3v) is 4.63. The molecule has 0 amide bonds. The number of aliphatic hydroxyl groups excluding tert-OH is 1. The Kier molecular flexibility index (Phi) is 6.71. The van der Waals surface area contributed by atoms with E-state index in [1.165, 1.54) is 12.3 Å². The van der Waals surface area contributed by atoms with Crippen LogP contribution in [0.1, 0.15) is 29.8 Å². The summed E-state index contributed by atoms with van der Waals surface area (Å²) in [6.45, 7) is 4.44. The summed E-state index contributed by atoms with van der Waals surface area (Å²) in [7, 11) is 0. The van der Waals surface area contributed by atoms with Gasteiger partial charge in [0.25, 0.3) is 0 Å². The third kappa shape index (κ3) is 4.61. The van der Waals surface area contributed by atoms with Crippen molar-refractivity contribution in [3.63, 3.8) is 0 Å². The van der Waals surface area contributed by atoms with Crippen LogP contribution >= 0.6 is 0 Å². The largest absolute Gasteiger partial charge is 0.490 e. The summed E-state index contributed by atoms with van der Waals surface area (Å²) in [6, 6.07) is 12.2. The Balaban J connectivity index is 2.03. The van der Waals surface area contributed by atoms with Gasteiger partial charge in [-0.2, -0.15) is 0 Å². The molecule has 0 aliphatic carbocycles. The van der Waals surface area contributed by atoms with Crippen molar-refractivity contribution in [1.29, 1.82) is 0 Å². The van der Waals surface area contributed by atoms with E-state index in [9.17, 15) is 20.2 Å². The molecule has 2 aromatic carbocycles. The molecule has 0 aliphatic heterocycles. The number of fused-ring (bicyclic) bond motifs is 1. The second kappa shape index (κ2) is 9.43. The Morgan fingerprint density at radius 2 is 2.00 bits per heavy atom. The zero-order chi connectivity index (χ0) is 21.7. The number of hydrogen-bond acceptors (Lipinski definition) is 6. The Bertz CT molecular complexity index is 1060. The molecule has 3 rings (SSSR count). The first-order valence-corrected chi connectivity index (χ1v) is 9.61. The lowest BCUT2D eigenvalue weighted by Crippen LogP contribution is -2.35. The van der Waals surface area contributed by atoms with Crippen LogP contribution in [0.3, 0.4) is 0 Å². The number of aliphatic hydroxyl groups is 1. The number of nitrogens with one attached hydrogen (secondary N) is 2. The summed E-state index contributed by atoms with van der Waals surface area (Å²) < 4.78 is 5.86. The van der Waals surface area contributed by atoms with Gasteiger partial charge >= 0.3 is 5.97 Å². The number of aromatic nitrogens is 1. The van der Waals surface area contributed by atoms with Crippen molar-refractivity contribution in [3.05, 3.63) is 53.6 Å². The lowest BCUT2D eigenvalue weighted by molar-refractivity contribution is 0.0697. The van der Waals surface area contributed by atoms with Crippen molar-refractivity contribution >= 4 is 23.1 Å². The highest BCUT2D eigenvalue weighted by Gasteiger charge is 2.20. The molecule has 1 atom stereocenters. The second-order valence-corrected chi connectivity index (χ2v) is 7.22. The second-order valence-electron chi connectivity index (χ2n) is 7.22. The highest BCUT2D eigenvalue weighted by molar-refractivity contribution is 6.10. The molecule has 8 heteroatoms. The molecule has 30 heavy (non-hydrogen) atoms. The fraction of sp³-hybridized carbons (Fsp3) is 0.273. The van der Waals surface area contributed by atoms with Crippen molar-refractivity contribution in [2.45, 2.75) is 26.0 Å². The first kappa shape index (κ1) is 21.4. The molecule has 0 spiro atoms. The van der Waals surface area contributed by atoms with Crippen molar-refractivity contribution in [2.24, 2.45) is 5.16 Å². The Hall–Kier alpha value is -3.36. The lowest BCUT2D eigenvalue weighted by atomic mass is 10.0. The molecule has 1 unspecified atom stereocenters. The van der Waals surface area contributed by atoms with Gasteiger partial charge in [0.1, 0.15) is 18.5 Å². The van der Waals surface area contributed by atoms with E-state index in [0.717, 1.165) is 0 Å². The van der Waals surface area contributed by atoms with Gasteiger partial charge in [-0.15, -0.1) is 0 Å². The smallest absolute Gasteiger partial charge is 0.336 e. The molecule has 0 bridgehead atoms. The minimum Gasteiger partial charge on any atom is -0.490 e. The fourth-order valence-electron chi connectivity index (χ4n) is 3.26. The highest BCUT2D eigenvalue weighted by atomic mass is 16.5. The molecule has 0 saturated carbocycles. The monoisotopic (exact) mass is 411 g/mol. The van der Waals surface area contributed by atoms with E-state index in [2.05, 4.69) is 15.5 Å². The van der Waals surface area contributed by atoms with Gasteiger partial charge in [-0.05, 0) is 18.2 Å². The van der Waals surface area contributed by atoms with Crippen LogP contribution in [0.25, 0.3) is 22.2 Å². The quantitative estimate of drug-likeness (QED) is 0.209. The van der Waals surface area contributed by atoms with Crippen molar-refractivity contribution < 1.29 is 25.0 Å². The number of oxime groups is 1. The van der Waals surface area contributed by atoms with E-state index in [1.54, 1.807) is 30.3 Å². The van der Waals surface area contributed by atoms with Crippen LogP contribution in [0.4, 0.5) is 0 Å². The molecular formula is C22H25N3O5. The van der Waals surface area contributed by atoms with Gasteiger partial charge in [-0.1, -0.05) is 43.3 Å². The van der Waals surface area contributed by atoms with Crippen molar-refractivity contribution in [1.82, 2.24) is 10.3 Å². The molecule has 0 radical (unpaired) electrons. The summed E-state index contributed by atoms with van der Waals surface area (Å²) in [4.78, 5) is 14.9. The maximum Gasteiger partial charge on any atom is 0.336 e. The van der Waals surface area contributed by atoms with Crippen LogP contribution in [-0.4, -0.2) is 57.9 Å². The fourth-order valence-corrected chi connectivity index (χ4v) is 3.26. The standard InChI is InChI=1S/C22H25N3O5/c1-13(2)23-10-14(26)12-30-19-9-5-8-18-20(19)17(11-24-29)21(25-18)15-6-3-4-7-16(15)22(27)28/h3-9,11,13-14,23,25-26,29H,10,12H2,1-2H3,(H,27,28). The Labute approximate surface area is 173 Å². The number of carboxylic acids is 1. The minimum absolute atomic E-state index is 0.0702. The summed E-state index contributed by atoms with van der Waals surface area (Å²) >= 11 is 0. The highest BCUT2D eigenvalue weighted by Crippen LogP contribution is 2.36. The van der Waals surface area contributed by atoms with Gasteiger partial charge in [-0.25, -0.2) is 4.79 Å². The summed E-state index contributed by atoms with van der Waals surface area (Å²) in [5.74, 6) is -0.574. The average molecular weight is 411 g/mol. The molecule has 158 valence electrons. The van der Waals surface area contributed by atoms with E-state index < -0.39 is 12.1 Å². The molecule has 0 saturated heterocycles. The number of carbonyl (C=O) groups is 1. The van der Waals surface area contributed by atoms with Gasteiger partial charge < -0.3 is 30.5 Å². The van der Waals surface area contributed by atoms with E-state index in [0.29, 0.717) is 40.0 Å². The molecule has 0 aliphatic rings. The number of carboxylic acid groups (broad SMARTS) is 1. The van der Waals surface area contributed by atoms with Crippen LogP contribution in [-0.2, 0) is 0 Å². The Morgan fingerprint density at radius 1 is 1.23 bits per heavy atom. The lowest BCUT2D eigenvalue weighted by Gasteiger charge is -2.15. The molecule has 8 nitrogen and oxygen atoms in total. The molecule has 5 N–H and O–H groups in total. The molecule has 0 fully saturated rings. The van der Waals surface area contributed by atoms with E-state index in [4.69, 9.17) is 4.74 Å². The zero-order valence-electron chi connectivity index (χ0n) is 16.8. The number of hydrogen-bond donors (Lipinski definition) is 5. The zero-order valence-corrected chi connectivity index (χ0v) is 16.8. The summed E-state index contributed by atoms with van der Waals surface area (Å²) in [5, 5.41) is 35.9. The Morgan fingerprint density at radius 3 is 2.70 bits per heavy atom. The molecule has 1 heterocycles. The number of ether oxygens (including phenoxy) is 1. The third-order valence-electron chi connectivity index (χ3n) is 4.63. The van der Waals surface area contributed by atoms with Crippen LogP contribution in [0.2, 0.25) is 0 Å². The number of benzene rings is 2. The molecule has 1 aromatic heterocycles. The van der Waals surface area contributed by atoms with Crippen LogP contribution in [0.15, 0.2) is 47.6 Å². The van der Waals surface area contributed by atoms with Crippen LogP contribution < -0.4 is 10.1 Å². The number of aromatic amines is 1. The summed E-state index contributed by atoms with van der Waals surface area (Å²) in [5.41, 5.74) is 2.26. The van der Waals surface area contributed by atoms with Crippen LogP contribution in [0.5, 0.6) is 5.75 Å². The summed E-state index contributed by atoms with van der Waals surface area (Å²) in [6.07, 6.45) is 0.542. The SMILES string of the molecule is CC(C)NCC(O)COc1cccc2[nH]c(-c3ccccc3C(=O)O)c(C=NO)c12. The number of H-pyrrole nitrogens is 1. The maximum atomic E-state index is 11.7. The first-order valence-electron chi connectivity index (χ1n) is 9.61. The predicted octanol–water partition coefficient (Wildman–Crippen LogP) is 3.08. The van der Waals surface area contributed by atoms with Gasteiger partial charge in [0.2, 0.25) is 0 Å². The number of rotatable bonds is 9. The topological polar surface area (TPSA) is 127 Å². The van der Waals surface area contributed by atoms with Crippen molar-refractivity contribution in [2.75, 3.05) is 13.2 Å². The van der Waals surface area contributed by atoms with Gasteiger partial charge in [0.15, 0.2) is 0 Å². The van der Waals surface area contributed by atoms with Gasteiger partial charge in [-0.3, -0.25) is 0 Å². The van der Waals surface area contributed by atoms with E-state index >= 15 is 0 Å². The normalized spacial score (nSPS) is 12.7. The molecular weight excluding hydrogens is 386 g/mol. The minimum atomic E-state index is -1.06.